The molecular formula is C26H24N4O2S. The second kappa shape index (κ2) is 9.03. The molecule has 33 heavy (non-hydrogen) atoms. The zero-order valence-corrected chi connectivity index (χ0v) is 19.0. The molecule has 0 aliphatic heterocycles. The molecule has 0 saturated carbocycles. The molecule has 3 aromatic heterocycles. The molecule has 5 rings (SSSR count). The fourth-order valence-electron chi connectivity index (χ4n) is 4.13. The van der Waals surface area contributed by atoms with Gasteiger partial charge in [0, 0.05) is 46.4 Å². The summed E-state index contributed by atoms with van der Waals surface area (Å²) in [6.07, 6.45) is 4.42. The van der Waals surface area contributed by atoms with E-state index in [1.54, 1.807) is 13.3 Å². The third-order valence-electron chi connectivity index (χ3n) is 5.68. The summed E-state index contributed by atoms with van der Waals surface area (Å²) in [5.41, 5.74) is 4.84. The minimum Gasteiger partial charge on any atom is -0.497 e. The lowest BCUT2D eigenvalue weighted by Gasteiger charge is -2.14. The zero-order chi connectivity index (χ0) is 22.8. The molecule has 0 aliphatic carbocycles. The van der Waals surface area contributed by atoms with Gasteiger partial charge in [0.2, 0.25) is 5.91 Å². The molecule has 166 valence electrons. The number of fused-ring (bicyclic) bond motifs is 2. The lowest BCUT2D eigenvalue weighted by Crippen LogP contribution is -2.34. The number of carbonyl (C=O) groups excluding carboxylic acids is 1. The van der Waals surface area contributed by atoms with Crippen LogP contribution in [0.3, 0.4) is 0 Å². The number of pyridine rings is 1. The Kier molecular flexibility index (Phi) is 5.79. The van der Waals surface area contributed by atoms with Crippen molar-refractivity contribution in [1.29, 1.82) is 0 Å². The molecule has 0 saturated heterocycles. The molecule has 1 amide bonds. The minimum atomic E-state index is -0.263. The van der Waals surface area contributed by atoms with E-state index in [0.717, 1.165) is 44.5 Å². The number of benzene rings is 2. The van der Waals surface area contributed by atoms with Crippen molar-refractivity contribution in [3.05, 3.63) is 84.7 Å². The first-order chi connectivity index (χ1) is 16.1. The highest BCUT2D eigenvalue weighted by Gasteiger charge is 2.16. The molecule has 1 unspecified atom stereocenters. The number of nitrogens with zero attached hydrogens (tertiary/aromatic N) is 2. The van der Waals surface area contributed by atoms with Crippen LogP contribution in [0.1, 0.15) is 5.56 Å². The van der Waals surface area contributed by atoms with E-state index in [0.29, 0.717) is 6.42 Å². The molecule has 0 fully saturated rings. The van der Waals surface area contributed by atoms with Crippen molar-refractivity contribution >= 4 is 40.5 Å². The maximum Gasteiger partial charge on any atom is 0.240 e. The van der Waals surface area contributed by atoms with Crippen LogP contribution in [0.5, 0.6) is 5.75 Å². The van der Waals surface area contributed by atoms with Gasteiger partial charge in [0.25, 0.3) is 0 Å². The lowest BCUT2D eigenvalue weighted by atomic mass is 10.1. The van der Waals surface area contributed by atoms with Gasteiger partial charge in [-0.3, -0.25) is 4.79 Å². The fourth-order valence-corrected chi connectivity index (χ4v) is 4.48. The van der Waals surface area contributed by atoms with E-state index >= 15 is 0 Å². The van der Waals surface area contributed by atoms with Crippen LogP contribution in [-0.4, -0.2) is 32.9 Å². The number of aromatic nitrogens is 3. The first-order valence-electron chi connectivity index (χ1n) is 10.7. The average molecular weight is 457 g/mol. The molecule has 0 bridgehead atoms. The number of amides is 1. The summed E-state index contributed by atoms with van der Waals surface area (Å²) in [6.45, 7) is 0.188. The van der Waals surface area contributed by atoms with Gasteiger partial charge in [0.1, 0.15) is 17.9 Å². The number of carbonyl (C=O) groups is 1. The van der Waals surface area contributed by atoms with Gasteiger partial charge in [-0.1, -0.05) is 30.3 Å². The molecule has 5 aromatic rings. The fraction of sp³-hybridized carbons (Fsp3) is 0.154. The number of H-pyrrole nitrogens is 1. The van der Waals surface area contributed by atoms with Gasteiger partial charge < -0.3 is 19.6 Å². The Bertz CT molecular complexity index is 1390. The van der Waals surface area contributed by atoms with Crippen LogP contribution in [0.2, 0.25) is 0 Å². The van der Waals surface area contributed by atoms with Crippen LogP contribution in [0.25, 0.3) is 33.2 Å². The Morgan fingerprint density at radius 3 is 2.79 bits per heavy atom. The molecule has 6 nitrogen and oxygen atoms in total. The molecule has 2 aromatic carbocycles. The van der Waals surface area contributed by atoms with Gasteiger partial charge in [-0.15, -0.1) is 0 Å². The molecule has 1 atom stereocenters. The van der Waals surface area contributed by atoms with E-state index in [1.165, 1.54) is 0 Å². The lowest BCUT2D eigenvalue weighted by molar-refractivity contribution is -0.121. The van der Waals surface area contributed by atoms with E-state index in [9.17, 15) is 4.79 Å². The molecule has 2 N–H and O–H groups in total. The second-order valence-corrected chi connectivity index (χ2v) is 8.57. The van der Waals surface area contributed by atoms with Crippen molar-refractivity contribution in [3.63, 3.8) is 0 Å². The number of ether oxygens (including phenoxy) is 1. The standard InChI is InChI=1S/C26H24N4O2S/c1-32-19-9-10-23-20(14-19)21(22-13-18-8-5-11-27-26(18)28-22)15-30(23)16-24(31)29-25(33)12-17-6-3-2-4-7-17/h2-11,13-15,25,33H,12,16H2,1H3,(H,27,28)(H,29,31). The third-order valence-corrected chi connectivity index (χ3v) is 6.00. The Hall–Kier alpha value is -3.71. The largest absolute Gasteiger partial charge is 0.497 e. The number of thiol groups is 1. The van der Waals surface area contributed by atoms with Gasteiger partial charge in [-0.2, -0.15) is 12.6 Å². The van der Waals surface area contributed by atoms with Crippen LogP contribution >= 0.6 is 12.6 Å². The maximum atomic E-state index is 12.8. The highest BCUT2D eigenvalue weighted by atomic mass is 32.1. The van der Waals surface area contributed by atoms with E-state index in [1.807, 2.05) is 71.4 Å². The van der Waals surface area contributed by atoms with Crippen LogP contribution in [-0.2, 0) is 17.8 Å². The highest BCUT2D eigenvalue weighted by molar-refractivity contribution is 7.80. The predicted molar refractivity (Wildman–Crippen MR) is 135 cm³/mol. The second-order valence-electron chi connectivity index (χ2n) is 7.95. The third kappa shape index (κ3) is 4.45. The van der Waals surface area contributed by atoms with E-state index < -0.39 is 0 Å². The number of methoxy groups -OCH3 is 1. The zero-order valence-electron chi connectivity index (χ0n) is 18.2. The van der Waals surface area contributed by atoms with E-state index in [-0.39, 0.29) is 17.8 Å². The number of rotatable bonds is 7. The van der Waals surface area contributed by atoms with Crippen molar-refractivity contribution in [2.45, 2.75) is 18.3 Å². The molecule has 7 heteroatoms. The Labute approximate surface area is 197 Å². The molecule has 0 aliphatic rings. The van der Waals surface area contributed by atoms with Crippen LogP contribution in [0.4, 0.5) is 0 Å². The first kappa shape index (κ1) is 21.2. The summed E-state index contributed by atoms with van der Waals surface area (Å²) in [5, 5.41) is 4.77. The van der Waals surface area contributed by atoms with E-state index in [4.69, 9.17) is 4.74 Å². The predicted octanol–water partition coefficient (Wildman–Crippen LogP) is 4.81. The number of hydrogen-bond donors (Lipinski definition) is 3. The molecular weight excluding hydrogens is 432 g/mol. The topological polar surface area (TPSA) is 71.9 Å². The van der Waals surface area contributed by atoms with Gasteiger partial charge in [-0.05, 0) is 42.0 Å². The summed E-state index contributed by atoms with van der Waals surface area (Å²) in [5.74, 6) is 0.669. The van der Waals surface area contributed by atoms with Gasteiger partial charge in [-0.25, -0.2) is 4.98 Å². The van der Waals surface area contributed by atoms with Crippen LogP contribution < -0.4 is 10.1 Å². The number of aromatic amines is 1. The average Bonchev–Trinajstić information content (AvgIpc) is 3.40. The Balaban J connectivity index is 1.43. The quantitative estimate of drug-likeness (QED) is 0.243. The number of nitrogens with one attached hydrogen (secondary N) is 2. The van der Waals surface area contributed by atoms with Crippen LogP contribution in [0.15, 0.2) is 79.1 Å². The summed E-state index contributed by atoms with van der Waals surface area (Å²) in [6, 6.07) is 21.9. The SMILES string of the molecule is COc1ccc2c(c1)c(-c1cc3cccnc3[nH]1)cn2CC(=O)NC(S)Cc1ccccc1. The van der Waals surface area contributed by atoms with Crippen LogP contribution in [0, 0.1) is 0 Å². The number of hydrogen-bond acceptors (Lipinski definition) is 4. The highest BCUT2D eigenvalue weighted by Crippen LogP contribution is 2.34. The van der Waals surface area contributed by atoms with Crippen molar-refractivity contribution in [2.24, 2.45) is 0 Å². The molecule has 0 spiro atoms. The van der Waals surface area contributed by atoms with Crippen molar-refractivity contribution in [3.8, 4) is 17.0 Å². The summed E-state index contributed by atoms with van der Waals surface area (Å²) in [4.78, 5) is 20.6. The summed E-state index contributed by atoms with van der Waals surface area (Å²) >= 11 is 4.57. The maximum absolute atomic E-state index is 12.8. The van der Waals surface area contributed by atoms with Gasteiger partial charge in [0.05, 0.1) is 12.5 Å². The molecule has 0 radical (unpaired) electrons. The Morgan fingerprint density at radius 1 is 1.15 bits per heavy atom. The van der Waals surface area contributed by atoms with Crippen molar-refractivity contribution in [2.75, 3.05) is 7.11 Å². The van der Waals surface area contributed by atoms with Gasteiger partial charge in [0.15, 0.2) is 0 Å². The van der Waals surface area contributed by atoms with E-state index in [2.05, 4.69) is 34.0 Å². The Morgan fingerprint density at radius 2 is 2.00 bits per heavy atom. The van der Waals surface area contributed by atoms with Gasteiger partial charge >= 0.3 is 0 Å². The molecule has 3 heterocycles. The summed E-state index contributed by atoms with van der Waals surface area (Å²) in [7, 11) is 1.65. The first-order valence-corrected chi connectivity index (χ1v) is 11.2. The smallest absolute Gasteiger partial charge is 0.240 e. The van der Waals surface area contributed by atoms with Crippen molar-refractivity contribution < 1.29 is 9.53 Å². The normalized spacial score (nSPS) is 12.2. The minimum absolute atomic E-state index is 0.0940. The monoisotopic (exact) mass is 456 g/mol. The van der Waals surface area contributed by atoms with Crippen molar-refractivity contribution in [1.82, 2.24) is 19.9 Å². The summed E-state index contributed by atoms with van der Waals surface area (Å²) < 4.78 is 7.41.